The van der Waals surface area contributed by atoms with Gasteiger partial charge in [-0.25, -0.2) is 4.79 Å². The number of aryl methyl sites for hydroxylation is 2. The van der Waals surface area contributed by atoms with E-state index in [4.69, 9.17) is 5.11 Å². The molecular formula is C15H14O2. The van der Waals surface area contributed by atoms with Crippen molar-refractivity contribution >= 4 is 5.97 Å². The van der Waals surface area contributed by atoms with E-state index >= 15 is 0 Å². The lowest BCUT2D eigenvalue weighted by Gasteiger charge is -2.07. The number of carboxylic acid groups (broad SMARTS) is 1. The fraction of sp³-hybridized carbons (Fsp3) is 0.133. The Hall–Kier alpha value is -2.09. The molecule has 1 N–H and O–H groups in total. The van der Waals surface area contributed by atoms with Gasteiger partial charge in [0.25, 0.3) is 0 Å². The number of aromatic carboxylic acids is 1. The zero-order chi connectivity index (χ0) is 12.4. The minimum Gasteiger partial charge on any atom is -0.478 e. The summed E-state index contributed by atoms with van der Waals surface area (Å²) in [6.07, 6.45) is 0. The van der Waals surface area contributed by atoms with Crippen LogP contribution in [0.4, 0.5) is 0 Å². The molecule has 0 spiro atoms. The smallest absolute Gasteiger partial charge is 0.335 e. The molecule has 0 unspecified atom stereocenters. The number of carbonyl (C=O) groups is 1. The van der Waals surface area contributed by atoms with Gasteiger partial charge in [0, 0.05) is 0 Å². The van der Waals surface area contributed by atoms with Crippen molar-refractivity contribution in [3.05, 3.63) is 59.2 Å². The van der Waals surface area contributed by atoms with E-state index in [-0.39, 0.29) is 0 Å². The van der Waals surface area contributed by atoms with E-state index in [0.717, 1.165) is 16.7 Å². The summed E-state index contributed by atoms with van der Waals surface area (Å²) < 4.78 is 0. The fourth-order valence-electron chi connectivity index (χ4n) is 1.93. The summed E-state index contributed by atoms with van der Waals surface area (Å²) in [6.45, 7) is 3.98. The highest BCUT2D eigenvalue weighted by atomic mass is 16.4. The highest BCUT2D eigenvalue weighted by Crippen LogP contribution is 2.24. The van der Waals surface area contributed by atoms with E-state index in [2.05, 4.69) is 6.07 Å². The lowest BCUT2D eigenvalue weighted by atomic mass is 9.97. The zero-order valence-corrected chi connectivity index (χ0v) is 9.90. The van der Waals surface area contributed by atoms with Crippen LogP contribution in [-0.2, 0) is 0 Å². The summed E-state index contributed by atoms with van der Waals surface area (Å²) >= 11 is 0. The van der Waals surface area contributed by atoms with E-state index in [1.54, 1.807) is 12.1 Å². The number of hydrogen-bond acceptors (Lipinski definition) is 1. The molecule has 0 bridgehead atoms. The first kappa shape index (κ1) is 11.4. The van der Waals surface area contributed by atoms with Crippen molar-refractivity contribution in [3.8, 4) is 11.1 Å². The molecule has 2 rings (SSSR count). The van der Waals surface area contributed by atoms with Crippen LogP contribution >= 0.6 is 0 Å². The van der Waals surface area contributed by atoms with Crippen molar-refractivity contribution < 1.29 is 9.90 Å². The summed E-state index contributed by atoms with van der Waals surface area (Å²) in [5.41, 5.74) is 4.72. The van der Waals surface area contributed by atoms with E-state index in [1.807, 2.05) is 38.1 Å². The maximum atomic E-state index is 10.9. The molecular weight excluding hydrogens is 212 g/mol. The van der Waals surface area contributed by atoms with Crippen LogP contribution in [0.15, 0.2) is 42.5 Å². The third-order valence-electron chi connectivity index (χ3n) is 2.80. The summed E-state index contributed by atoms with van der Waals surface area (Å²) in [5, 5.41) is 8.91. The monoisotopic (exact) mass is 226 g/mol. The first-order chi connectivity index (χ1) is 8.08. The average molecular weight is 226 g/mol. The molecule has 0 aliphatic carbocycles. The van der Waals surface area contributed by atoms with E-state index < -0.39 is 5.97 Å². The molecule has 2 heteroatoms. The first-order valence-electron chi connectivity index (χ1n) is 5.49. The Kier molecular flexibility index (Phi) is 2.96. The van der Waals surface area contributed by atoms with Gasteiger partial charge >= 0.3 is 5.97 Å². The van der Waals surface area contributed by atoms with Gasteiger partial charge in [-0.3, -0.25) is 0 Å². The molecule has 0 fully saturated rings. The van der Waals surface area contributed by atoms with Gasteiger partial charge in [0.15, 0.2) is 0 Å². The van der Waals surface area contributed by atoms with Gasteiger partial charge in [-0.2, -0.15) is 0 Å². The molecule has 0 aromatic heterocycles. The maximum Gasteiger partial charge on any atom is 0.335 e. The Morgan fingerprint density at radius 1 is 1.06 bits per heavy atom. The molecule has 0 heterocycles. The highest BCUT2D eigenvalue weighted by molar-refractivity contribution is 5.89. The summed E-state index contributed by atoms with van der Waals surface area (Å²) in [6, 6.07) is 13.4. The Bertz CT molecular complexity index is 571. The molecule has 17 heavy (non-hydrogen) atoms. The second kappa shape index (κ2) is 4.42. The fourth-order valence-corrected chi connectivity index (χ4v) is 1.93. The maximum absolute atomic E-state index is 10.9. The van der Waals surface area contributed by atoms with E-state index in [9.17, 15) is 4.79 Å². The van der Waals surface area contributed by atoms with Gasteiger partial charge < -0.3 is 5.11 Å². The lowest BCUT2D eigenvalue weighted by Crippen LogP contribution is -1.97. The number of carboxylic acids is 1. The normalized spacial score (nSPS) is 10.2. The third-order valence-corrected chi connectivity index (χ3v) is 2.80. The molecule has 0 amide bonds. The Labute approximate surface area is 101 Å². The topological polar surface area (TPSA) is 37.3 Å². The molecule has 0 radical (unpaired) electrons. The zero-order valence-electron chi connectivity index (χ0n) is 9.90. The summed E-state index contributed by atoms with van der Waals surface area (Å²) in [7, 11) is 0. The van der Waals surface area contributed by atoms with Gasteiger partial charge in [-0.15, -0.1) is 0 Å². The number of rotatable bonds is 2. The van der Waals surface area contributed by atoms with Gasteiger partial charge in [-0.1, -0.05) is 35.9 Å². The number of hydrogen-bond donors (Lipinski definition) is 1. The molecule has 0 saturated heterocycles. The summed E-state index contributed by atoms with van der Waals surface area (Å²) in [4.78, 5) is 10.9. The van der Waals surface area contributed by atoms with Crippen molar-refractivity contribution in [1.82, 2.24) is 0 Å². The van der Waals surface area contributed by atoms with E-state index in [0.29, 0.717) is 5.56 Å². The van der Waals surface area contributed by atoms with Crippen LogP contribution in [0.1, 0.15) is 21.5 Å². The predicted molar refractivity (Wildman–Crippen MR) is 68.3 cm³/mol. The Balaban J connectivity index is 2.50. The van der Waals surface area contributed by atoms with Crippen LogP contribution in [0.5, 0.6) is 0 Å². The predicted octanol–water partition coefficient (Wildman–Crippen LogP) is 3.67. The minimum absolute atomic E-state index is 0.332. The van der Waals surface area contributed by atoms with Crippen LogP contribution in [0.25, 0.3) is 11.1 Å². The average Bonchev–Trinajstić information content (AvgIpc) is 2.28. The lowest BCUT2D eigenvalue weighted by molar-refractivity contribution is 0.0697. The van der Waals surface area contributed by atoms with Gasteiger partial charge in [0.05, 0.1) is 5.56 Å². The molecule has 2 nitrogen and oxygen atoms in total. The number of benzene rings is 2. The largest absolute Gasteiger partial charge is 0.478 e. The van der Waals surface area contributed by atoms with Crippen LogP contribution < -0.4 is 0 Å². The van der Waals surface area contributed by atoms with Crippen LogP contribution in [0.2, 0.25) is 0 Å². The quantitative estimate of drug-likeness (QED) is 0.848. The van der Waals surface area contributed by atoms with Crippen LogP contribution in [0, 0.1) is 13.8 Å². The molecule has 0 aliphatic heterocycles. The van der Waals surface area contributed by atoms with Crippen LogP contribution in [0.3, 0.4) is 0 Å². The van der Waals surface area contributed by atoms with Crippen molar-refractivity contribution in [2.75, 3.05) is 0 Å². The first-order valence-corrected chi connectivity index (χ1v) is 5.49. The molecule has 2 aromatic rings. The van der Waals surface area contributed by atoms with Crippen molar-refractivity contribution in [2.24, 2.45) is 0 Å². The molecule has 0 saturated carbocycles. The van der Waals surface area contributed by atoms with Crippen molar-refractivity contribution in [2.45, 2.75) is 13.8 Å². The Morgan fingerprint density at radius 2 is 1.82 bits per heavy atom. The van der Waals surface area contributed by atoms with E-state index in [1.165, 1.54) is 5.56 Å². The molecule has 0 aliphatic rings. The second-order valence-corrected chi connectivity index (χ2v) is 4.20. The summed E-state index contributed by atoms with van der Waals surface area (Å²) in [5.74, 6) is -0.885. The standard InChI is InChI=1S/C15H14O2/c1-10-4-3-5-12(8-10)14-7-6-13(15(16)17)9-11(14)2/h3-9H,1-2H3,(H,16,17). The Morgan fingerprint density at radius 3 is 2.41 bits per heavy atom. The van der Waals surface area contributed by atoms with Crippen LogP contribution in [-0.4, -0.2) is 11.1 Å². The highest BCUT2D eigenvalue weighted by Gasteiger charge is 2.07. The minimum atomic E-state index is -0.885. The van der Waals surface area contributed by atoms with Crippen molar-refractivity contribution in [3.63, 3.8) is 0 Å². The van der Waals surface area contributed by atoms with Gasteiger partial charge in [-0.05, 0) is 42.7 Å². The third kappa shape index (κ3) is 2.36. The SMILES string of the molecule is Cc1cccc(-c2ccc(C(=O)O)cc2C)c1. The molecule has 86 valence electrons. The van der Waals surface area contributed by atoms with Gasteiger partial charge in [0.2, 0.25) is 0 Å². The van der Waals surface area contributed by atoms with Gasteiger partial charge in [0.1, 0.15) is 0 Å². The molecule has 2 aromatic carbocycles. The second-order valence-electron chi connectivity index (χ2n) is 4.20. The molecule has 0 atom stereocenters. The van der Waals surface area contributed by atoms with Crippen molar-refractivity contribution in [1.29, 1.82) is 0 Å².